The summed E-state index contributed by atoms with van der Waals surface area (Å²) in [5.41, 5.74) is 0. The van der Waals surface area contributed by atoms with Crippen LogP contribution in [0.1, 0.15) is 65.2 Å². The molecule has 1 aliphatic rings. The molecule has 1 saturated carbocycles. The van der Waals surface area contributed by atoms with Crippen molar-refractivity contribution >= 4 is 9.24 Å². The van der Waals surface area contributed by atoms with E-state index in [1.54, 1.807) is 0 Å². The lowest BCUT2D eigenvalue weighted by molar-refractivity contribution is 0.204. The van der Waals surface area contributed by atoms with Crippen molar-refractivity contribution in [3.63, 3.8) is 0 Å². The van der Waals surface area contributed by atoms with Crippen LogP contribution in [0.5, 0.6) is 0 Å². The Labute approximate surface area is 111 Å². The van der Waals surface area contributed by atoms with Crippen molar-refractivity contribution < 1.29 is 0 Å². The maximum absolute atomic E-state index is 3.41. The van der Waals surface area contributed by atoms with Gasteiger partial charge in [-0.25, -0.2) is 0 Å². The topological polar surface area (TPSA) is 12.0 Å². The van der Waals surface area contributed by atoms with Crippen molar-refractivity contribution in [1.29, 1.82) is 0 Å². The Morgan fingerprint density at radius 1 is 1.29 bits per heavy atom. The van der Waals surface area contributed by atoms with E-state index in [2.05, 4.69) is 35.5 Å². The lowest BCUT2D eigenvalue weighted by Gasteiger charge is -2.41. The van der Waals surface area contributed by atoms with Gasteiger partial charge in [-0.2, -0.15) is 0 Å². The zero-order valence-corrected chi connectivity index (χ0v) is 13.3. The van der Waals surface area contributed by atoms with Gasteiger partial charge in [0.05, 0.1) is 0 Å². The van der Waals surface area contributed by atoms with E-state index in [1.165, 1.54) is 57.9 Å². The van der Waals surface area contributed by atoms with E-state index in [0.717, 1.165) is 11.8 Å². The Kier molecular flexibility index (Phi) is 7.04. The molecule has 0 aliphatic heterocycles. The van der Waals surface area contributed by atoms with Gasteiger partial charge in [-0.3, -0.25) is 0 Å². The minimum Gasteiger partial charge on any atom is -0.319 e. The Morgan fingerprint density at radius 2 is 2.00 bits per heavy atom. The number of rotatable bonds is 5. The molecule has 1 N–H and O–H groups in total. The third kappa shape index (κ3) is 4.87. The van der Waals surface area contributed by atoms with Gasteiger partial charge < -0.3 is 5.32 Å². The SMILES string of the molecule is CCCC(CNC)C1CCCCCCC1(C)P. The number of nitrogens with one attached hydrogen (secondary N) is 1. The predicted octanol–water partition coefficient (Wildman–Crippen LogP) is 4.23. The normalized spacial score (nSPS) is 32.8. The summed E-state index contributed by atoms with van der Waals surface area (Å²) >= 11 is 0. The summed E-state index contributed by atoms with van der Waals surface area (Å²) in [6.45, 7) is 6.00. The first-order valence-electron chi connectivity index (χ1n) is 7.55. The van der Waals surface area contributed by atoms with Gasteiger partial charge in [0.1, 0.15) is 0 Å². The van der Waals surface area contributed by atoms with Gasteiger partial charge in [0.15, 0.2) is 0 Å². The second-order valence-electron chi connectivity index (χ2n) is 6.17. The average Bonchev–Trinajstić information content (AvgIpc) is 2.25. The van der Waals surface area contributed by atoms with Gasteiger partial charge in [-0.15, -0.1) is 9.24 Å². The van der Waals surface area contributed by atoms with E-state index in [0.29, 0.717) is 5.16 Å². The monoisotopic (exact) mass is 257 g/mol. The summed E-state index contributed by atoms with van der Waals surface area (Å²) in [7, 11) is 5.30. The fourth-order valence-corrected chi connectivity index (χ4v) is 4.23. The van der Waals surface area contributed by atoms with Gasteiger partial charge >= 0.3 is 0 Å². The molecule has 102 valence electrons. The zero-order chi connectivity index (χ0) is 12.7. The largest absolute Gasteiger partial charge is 0.319 e. The third-order valence-electron chi connectivity index (χ3n) is 4.52. The highest BCUT2D eigenvalue weighted by Crippen LogP contribution is 2.43. The lowest BCUT2D eigenvalue weighted by Crippen LogP contribution is -2.38. The van der Waals surface area contributed by atoms with Crippen LogP contribution in [0.15, 0.2) is 0 Å². The molecule has 2 heteroatoms. The first-order chi connectivity index (χ1) is 8.11. The summed E-state index contributed by atoms with van der Waals surface area (Å²) in [6.07, 6.45) is 11.3. The van der Waals surface area contributed by atoms with Gasteiger partial charge in [0.2, 0.25) is 0 Å². The van der Waals surface area contributed by atoms with Crippen molar-refractivity contribution in [3.05, 3.63) is 0 Å². The van der Waals surface area contributed by atoms with Crippen molar-refractivity contribution in [2.75, 3.05) is 13.6 Å². The molecule has 1 nitrogen and oxygen atoms in total. The molecule has 0 amide bonds. The molecule has 0 saturated heterocycles. The summed E-state index contributed by atoms with van der Waals surface area (Å²) in [4.78, 5) is 0. The highest BCUT2D eigenvalue weighted by molar-refractivity contribution is 7.18. The quantitative estimate of drug-likeness (QED) is 0.727. The molecule has 4 unspecified atom stereocenters. The zero-order valence-electron chi connectivity index (χ0n) is 12.1. The molecule has 17 heavy (non-hydrogen) atoms. The standard InChI is InChI=1S/C15H32NP/c1-4-9-13(12-16-3)14-10-7-5-6-8-11-15(14,2)17/h13-14,16H,4-12,17H2,1-3H3. The summed E-state index contributed by atoms with van der Waals surface area (Å²) in [5, 5.41) is 3.88. The Hall–Kier alpha value is 0.390. The molecule has 0 radical (unpaired) electrons. The smallest absolute Gasteiger partial charge is 0.00205 e. The fourth-order valence-electron chi connectivity index (χ4n) is 3.59. The van der Waals surface area contributed by atoms with Crippen LogP contribution in [0.2, 0.25) is 0 Å². The van der Waals surface area contributed by atoms with Crippen LogP contribution in [0.4, 0.5) is 0 Å². The molecule has 1 aliphatic carbocycles. The molecule has 0 heterocycles. The number of hydrogen-bond acceptors (Lipinski definition) is 1. The molecule has 0 aromatic heterocycles. The van der Waals surface area contributed by atoms with Crippen LogP contribution < -0.4 is 5.32 Å². The van der Waals surface area contributed by atoms with Crippen LogP contribution in [-0.4, -0.2) is 18.7 Å². The van der Waals surface area contributed by atoms with Crippen LogP contribution in [0.25, 0.3) is 0 Å². The molecule has 0 spiro atoms. The maximum Gasteiger partial charge on any atom is -0.00205 e. The van der Waals surface area contributed by atoms with Crippen molar-refractivity contribution in [2.24, 2.45) is 11.8 Å². The predicted molar refractivity (Wildman–Crippen MR) is 81.6 cm³/mol. The highest BCUT2D eigenvalue weighted by atomic mass is 31.0. The first-order valence-corrected chi connectivity index (χ1v) is 8.13. The minimum atomic E-state index is 0.469. The molecule has 1 rings (SSSR count). The van der Waals surface area contributed by atoms with Gasteiger partial charge in [0.25, 0.3) is 0 Å². The van der Waals surface area contributed by atoms with Crippen molar-refractivity contribution in [3.8, 4) is 0 Å². The molecule has 0 aromatic rings. The molecule has 1 fully saturated rings. The fraction of sp³-hybridized carbons (Fsp3) is 1.00. The van der Waals surface area contributed by atoms with Gasteiger partial charge in [-0.05, 0) is 49.8 Å². The average molecular weight is 257 g/mol. The van der Waals surface area contributed by atoms with Gasteiger partial charge in [0, 0.05) is 0 Å². The van der Waals surface area contributed by atoms with Crippen LogP contribution in [-0.2, 0) is 0 Å². The second-order valence-corrected chi connectivity index (χ2v) is 7.49. The van der Waals surface area contributed by atoms with Crippen LogP contribution in [0, 0.1) is 11.8 Å². The Bertz CT molecular complexity index is 197. The highest BCUT2D eigenvalue weighted by Gasteiger charge is 2.34. The van der Waals surface area contributed by atoms with Crippen LogP contribution >= 0.6 is 9.24 Å². The van der Waals surface area contributed by atoms with E-state index < -0.39 is 0 Å². The van der Waals surface area contributed by atoms with E-state index in [4.69, 9.17) is 0 Å². The van der Waals surface area contributed by atoms with Crippen LogP contribution in [0.3, 0.4) is 0 Å². The molecular formula is C15H32NP. The minimum absolute atomic E-state index is 0.469. The van der Waals surface area contributed by atoms with E-state index in [9.17, 15) is 0 Å². The molecule has 0 bridgehead atoms. The van der Waals surface area contributed by atoms with E-state index in [1.807, 2.05) is 0 Å². The first kappa shape index (κ1) is 15.4. The third-order valence-corrected chi connectivity index (χ3v) is 5.24. The Balaban J connectivity index is 2.70. The molecular weight excluding hydrogens is 225 g/mol. The number of hydrogen-bond donors (Lipinski definition) is 1. The van der Waals surface area contributed by atoms with E-state index >= 15 is 0 Å². The lowest BCUT2D eigenvalue weighted by atomic mass is 9.73. The van der Waals surface area contributed by atoms with Crippen molar-refractivity contribution in [2.45, 2.75) is 70.4 Å². The second kappa shape index (κ2) is 7.74. The molecule has 4 atom stereocenters. The summed E-state index contributed by atoms with van der Waals surface area (Å²) in [5.74, 6) is 1.76. The summed E-state index contributed by atoms with van der Waals surface area (Å²) < 4.78 is 0. The maximum atomic E-state index is 3.41. The Morgan fingerprint density at radius 3 is 2.65 bits per heavy atom. The van der Waals surface area contributed by atoms with Gasteiger partial charge in [-0.1, -0.05) is 46.0 Å². The summed E-state index contributed by atoms with van der Waals surface area (Å²) in [6, 6.07) is 0. The van der Waals surface area contributed by atoms with Crippen molar-refractivity contribution in [1.82, 2.24) is 5.32 Å². The molecule has 0 aromatic carbocycles. The van der Waals surface area contributed by atoms with E-state index in [-0.39, 0.29) is 0 Å².